The number of pyridine rings is 1. The molecule has 0 spiro atoms. The lowest BCUT2D eigenvalue weighted by atomic mass is 10.3. The predicted molar refractivity (Wildman–Crippen MR) is 96.2 cm³/mol. The molecule has 3 rings (SSSR count). The highest BCUT2D eigenvalue weighted by Crippen LogP contribution is 2.26. The molecule has 0 amide bonds. The van der Waals surface area contributed by atoms with Gasteiger partial charge in [-0.15, -0.1) is 10.2 Å². The molecule has 2 heterocycles. The maximum absolute atomic E-state index is 11.1. The van der Waals surface area contributed by atoms with Gasteiger partial charge in [0, 0.05) is 26.0 Å². The Morgan fingerprint density at radius 2 is 1.92 bits per heavy atom. The van der Waals surface area contributed by atoms with E-state index in [1.54, 1.807) is 4.40 Å². The van der Waals surface area contributed by atoms with Gasteiger partial charge < -0.3 is 10.0 Å². The highest BCUT2D eigenvalue weighted by molar-refractivity contribution is 5.72. The number of aromatic nitrogens is 2. The normalized spacial score (nSPS) is 11.3. The molecule has 0 bridgehead atoms. The standard InChI is InChI=1S/C18H19N5O2/c1-12-5-4-10-23-17(12)19-15(11-16(24)25)18(23)21-20-13-6-8-14(9-7-13)22(2)3/h4-10H,11H2,1-3H3,(H,24,25). The van der Waals surface area contributed by atoms with Crippen LogP contribution in [0.2, 0.25) is 0 Å². The molecule has 0 aliphatic carbocycles. The van der Waals surface area contributed by atoms with Crippen LogP contribution in [-0.2, 0) is 11.2 Å². The van der Waals surface area contributed by atoms with E-state index in [0.29, 0.717) is 22.8 Å². The molecule has 0 unspecified atom stereocenters. The SMILES string of the molecule is Cc1cccn2c(N=Nc3ccc(N(C)C)cc3)c(CC(=O)O)nc12. The molecule has 0 atom stereocenters. The van der Waals surface area contributed by atoms with Crippen molar-refractivity contribution in [2.75, 3.05) is 19.0 Å². The van der Waals surface area contributed by atoms with E-state index in [0.717, 1.165) is 11.3 Å². The van der Waals surface area contributed by atoms with Crippen LogP contribution in [0.3, 0.4) is 0 Å². The lowest BCUT2D eigenvalue weighted by molar-refractivity contribution is -0.136. The zero-order valence-electron chi connectivity index (χ0n) is 14.3. The number of benzene rings is 1. The fraction of sp³-hybridized carbons (Fsp3) is 0.222. The van der Waals surface area contributed by atoms with Crippen LogP contribution < -0.4 is 4.90 Å². The summed E-state index contributed by atoms with van der Waals surface area (Å²) >= 11 is 0. The van der Waals surface area contributed by atoms with Crippen LogP contribution in [-0.4, -0.2) is 34.6 Å². The third kappa shape index (κ3) is 3.50. The summed E-state index contributed by atoms with van der Waals surface area (Å²) in [6.45, 7) is 1.92. The molecule has 3 aromatic rings. The van der Waals surface area contributed by atoms with Crippen molar-refractivity contribution >= 4 is 28.8 Å². The molecule has 7 heteroatoms. The molecular weight excluding hydrogens is 318 g/mol. The Balaban J connectivity index is 2.01. The highest BCUT2D eigenvalue weighted by Gasteiger charge is 2.16. The van der Waals surface area contributed by atoms with Gasteiger partial charge in [-0.3, -0.25) is 9.20 Å². The summed E-state index contributed by atoms with van der Waals surface area (Å²) < 4.78 is 1.77. The first kappa shape index (κ1) is 16.6. The topological polar surface area (TPSA) is 82.6 Å². The number of fused-ring (bicyclic) bond motifs is 1. The molecule has 7 nitrogen and oxygen atoms in total. The molecule has 0 radical (unpaired) electrons. The molecule has 0 aliphatic rings. The molecule has 0 fully saturated rings. The lowest BCUT2D eigenvalue weighted by Gasteiger charge is -2.11. The molecule has 1 aromatic carbocycles. The second-order valence-corrected chi connectivity index (χ2v) is 5.95. The number of hydrogen-bond acceptors (Lipinski definition) is 5. The van der Waals surface area contributed by atoms with Crippen molar-refractivity contribution < 1.29 is 9.90 Å². The molecule has 1 N–H and O–H groups in total. The predicted octanol–water partition coefficient (Wildman–Crippen LogP) is 3.75. The Bertz CT molecular complexity index is 942. The monoisotopic (exact) mass is 337 g/mol. The minimum absolute atomic E-state index is 0.199. The van der Waals surface area contributed by atoms with E-state index in [4.69, 9.17) is 5.11 Å². The molecule has 0 saturated heterocycles. The minimum atomic E-state index is -0.951. The minimum Gasteiger partial charge on any atom is -0.481 e. The number of aliphatic carboxylic acids is 1. The van der Waals surface area contributed by atoms with Gasteiger partial charge in [0.25, 0.3) is 0 Å². The molecule has 2 aromatic heterocycles. The average Bonchev–Trinajstić information content (AvgIpc) is 2.91. The number of aryl methyl sites for hydroxylation is 1. The Morgan fingerprint density at radius 3 is 2.56 bits per heavy atom. The Morgan fingerprint density at radius 1 is 1.20 bits per heavy atom. The summed E-state index contributed by atoms with van der Waals surface area (Å²) in [7, 11) is 3.94. The fourth-order valence-electron chi connectivity index (χ4n) is 2.53. The van der Waals surface area contributed by atoms with Gasteiger partial charge >= 0.3 is 5.97 Å². The van der Waals surface area contributed by atoms with Crippen LogP contribution in [0.5, 0.6) is 0 Å². The van der Waals surface area contributed by atoms with E-state index >= 15 is 0 Å². The number of carbonyl (C=O) groups is 1. The van der Waals surface area contributed by atoms with Gasteiger partial charge in [0.2, 0.25) is 0 Å². The van der Waals surface area contributed by atoms with Crippen LogP contribution in [0.25, 0.3) is 5.65 Å². The number of azo groups is 1. The van der Waals surface area contributed by atoms with Crippen LogP contribution in [0.4, 0.5) is 17.2 Å². The first-order valence-electron chi connectivity index (χ1n) is 7.83. The van der Waals surface area contributed by atoms with E-state index in [-0.39, 0.29) is 6.42 Å². The largest absolute Gasteiger partial charge is 0.481 e. The van der Waals surface area contributed by atoms with E-state index in [1.807, 2.05) is 68.5 Å². The second-order valence-electron chi connectivity index (χ2n) is 5.95. The first-order chi connectivity index (χ1) is 12.0. The summed E-state index contributed by atoms with van der Waals surface area (Å²) in [6.07, 6.45) is 1.61. The van der Waals surface area contributed by atoms with E-state index in [9.17, 15) is 4.79 Å². The zero-order valence-corrected chi connectivity index (χ0v) is 14.3. The number of rotatable bonds is 5. The quantitative estimate of drug-likeness (QED) is 0.719. The third-order valence-corrected chi connectivity index (χ3v) is 3.83. The lowest BCUT2D eigenvalue weighted by Crippen LogP contribution is -2.07. The number of imidazole rings is 1. The second kappa shape index (κ2) is 6.72. The van der Waals surface area contributed by atoms with Crippen LogP contribution in [0.15, 0.2) is 52.8 Å². The smallest absolute Gasteiger partial charge is 0.309 e. The van der Waals surface area contributed by atoms with Crippen LogP contribution in [0, 0.1) is 6.92 Å². The first-order valence-corrected chi connectivity index (χ1v) is 7.83. The van der Waals surface area contributed by atoms with E-state index in [1.165, 1.54) is 0 Å². The van der Waals surface area contributed by atoms with Crippen molar-refractivity contribution in [3.8, 4) is 0 Å². The Hall–Kier alpha value is -3.22. The van der Waals surface area contributed by atoms with Gasteiger partial charge in [-0.05, 0) is 42.8 Å². The Labute approximate surface area is 145 Å². The molecule has 0 saturated carbocycles. The number of carboxylic acids is 1. The summed E-state index contributed by atoms with van der Waals surface area (Å²) in [5.41, 5.74) is 3.79. The fourth-order valence-corrected chi connectivity index (χ4v) is 2.53. The van der Waals surface area contributed by atoms with Crippen molar-refractivity contribution in [3.05, 3.63) is 53.9 Å². The number of anilines is 1. The van der Waals surface area contributed by atoms with Crippen molar-refractivity contribution in [1.82, 2.24) is 9.38 Å². The maximum atomic E-state index is 11.1. The van der Waals surface area contributed by atoms with Gasteiger partial charge in [0.05, 0.1) is 17.8 Å². The van der Waals surface area contributed by atoms with E-state index < -0.39 is 5.97 Å². The summed E-state index contributed by atoms with van der Waals surface area (Å²) in [4.78, 5) is 17.6. The maximum Gasteiger partial charge on any atom is 0.309 e. The number of carboxylic acid groups (broad SMARTS) is 1. The van der Waals surface area contributed by atoms with Crippen molar-refractivity contribution in [1.29, 1.82) is 0 Å². The van der Waals surface area contributed by atoms with Gasteiger partial charge in [-0.25, -0.2) is 4.98 Å². The van der Waals surface area contributed by atoms with Gasteiger partial charge in [0.1, 0.15) is 5.65 Å². The zero-order chi connectivity index (χ0) is 18.0. The molecule has 0 aliphatic heterocycles. The molecule has 128 valence electrons. The highest BCUT2D eigenvalue weighted by atomic mass is 16.4. The van der Waals surface area contributed by atoms with Gasteiger partial charge in [-0.1, -0.05) is 6.07 Å². The molecule has 25 heavy (non-hydrogen) atoms. The average molecular weight is 337 g/mol. The third-order valence-electron chi connectivity index (χ3n) is 3.83. The number of hydrogen-bond donors (Lipinski definition) is 1. The number of nitrogens with zero attached hydrogens (tertiary/aromatic N) is 5. The van der Waals surface area contributed by atoms with Crippen LogP contribution in [0.1, 0.15) is 11.3 Å². The Kier molecular flexibility index (Phi) is 4.47. The van der Waals surface area contributed by atoms with E-state index in [2.05, 4.69) is 15.2 Å². The molecular formula is C18H19N5O2. The van der Waals surface area contributed by atoms with Crippen molar-refractivity contribution in [3.63, 3.8) is 0 Å². The summed E-state index contributed by atoms with van der Waals surface area (Å²) in [5, 5.41) is 17.7. The van der Waals surface area contributed by atoms with Crippen molar-refractivity contribution in [2.24, 2.45) is 10.2 Å². The van der Waals surface area contributed by atoms with Crippen LogP contribution >= 0.6 is 0 Å². The summed E-state index contributed by atoms with van der Waals surface area (Å²) in [5.74, 6) is -0.509. The summed E-state index contributed by atoms with van der Waals surface area (Å²) in [6, 6.07) is 11.4. The van der Waals surface area contributed by atoms with Gasteiger partial charge in [-0.2, -0.15) is 0 Å². The van der Waals surface area contributed by atoms with Crippen molar-refractivity contribution in [2.45, 2.75) is 13.3 Å². The van der Waals surface area contributed by atoms with Gasteiger partial charge in [0.15, 0.2) is 5.82 Å².